The van der Waals surface area contributed by atoms with E-state index in [9.17, 15) is 0 Å². The van der Waals surface area contributed by atoms with E-state index in [-0.39, 0.29) is 0 Å². The second-order valence-electron chi connectivity index (χ2n) is 6.89. The standard InChI is InChI=1S/C17H24N4/c1-11(2)21-16-14(8-5-9-18-16)20-17(21)15-10-12-6-3-4-7-13(12)19-15/h5,8-9,11-13,15,19H,3-4,6-7,10H2,1-2H3. The van der Waals surface area contributed by atoms with Crippen LogP contribution in [0.15, 0.2) is 18.3 Å². The average molecular weight is 284 g/mol. The molecule has 2 aromatic heterocycles. The molecule has 2 aromatic rings. The van der Waals surface area contributed by atoms with Gasteiger partial charge in [0.1, 0.15) is 11.3 Å². The molecule has 0 amide bonds. The Bertz CT molecular complexity index is 631. The average Bonchev–Trinajstić information content (AvgIpc) is 3.08. The van der Waals surface area contributed by atoms with Crippen LogP contribution in [-0.4, -0.2) is 20.6 Å². The predicted molar refractivity (Wildman–Crippen MR) is 84.2 cm³/mol. The molecule has 4 rings (SSSR count). The number of aromatic nitrogens is 3. The monoisotopic (exact) mass is 284 g/mol. The molecule has 4 heteroatoms. The van der Waals surface area contributed by atoms with Gasteiger partial charge in [0.2, 0.25) is 0 Å². The smallest absolute Gasteiger partial charge is 0.160 e. The molecule has 3 unspecified atom stereocenters. The lowest BCUT2D eigenvalue weighted by Gasteiger charge is -2.24. The fourth-order valence-electron chi connectivity index (χ4n) is 4.22. The van der Waals surface area contributed by atoms with E-state index in [4.69, 9.17) is 4.98 Å². The van der Waals surface area contributed by atoms with Crippen molar-refractivity contribution in [1.82, 2.24) is 19.9 Å². The van der Waals surface area contributed by atoms with E-state index in [1.165, 1.54) is 37.9 Å². The van der Waals surface area contributed by atoms with Crippen LogP contribution in [0.3, 0.4) is 0 Å². The van der Waals surface area contributed by atoms with Crippen LogP contribution in [-0.2, 0) is 0 Å². The third kappa shape index (κ3) is 2.16. The number of imidazole rings is 1. The highest BCUT2D eigenvalue weighted by Crippen LogP contribution is 2.39. The summed E-state index contributed by atoms with van der Waals surface area (Å²) in [7, 11) is 0. The van der Waals surface area contributed by atoms with Gasteiger partial charge in [-0.1, -0.05) is 12.8 Å². The number of hydrogen-bond donors (Lipinski definition) is 1. The van der Waals surface area contributed by atoms with Crippen molar-refractivity contribution < 1.29 is 0 Å². The maximum atomic E-state index is 4.91. The van der Waals surface area contributed by atoms with Crippen LogP contribution in [0, 0.1) is 5.92 Å². The second-order valence-corrected chi connectivity index (χ2v) is 6.89. The van der Waals surface area contributed by atoms with E-state index in [1.807, 2.05) is 12.3 Å². The number of hydrogen-bond acceptors (Lipinski definition) is 3. The summed E-state index contributed by atoms with van der Waals surface area (Å²) in [5.74, 6) is 2.03. The summed E-state index contributed by atoms with van der Waals surface area (Å²) < 4.78 is 2.32. The van der Waals surface area contributed by atoms with Gasteiger partial charge in [-0.3, -0.25) is 0 Å². The molecule has 1 N–H and O–H groups in total. The topological polar surface area (TPSA) is 42.7 Å². The molecule has 1 saturated heterocycles. The Hall–Kier alpha value is -1.42. The summed E-state index contributed by atoms with van der Waals surface area (Å²) in [6.07, 6.45) is 8.60. The number of pyridine rings is 1. The molecular formula is C17H24N4. The Morgan fingerprint density at radius 2 is 2.14 bits per heavy atom. The van der Waals surface area contributed by atoms with E-state index in [0.717, 1.165) is 17.1 Å². The first-order valence-electron chi connectivity index (χ1n) is 8.33. The minimum atomic E-state index is 0.393. The first kappa shape index (κ1) is 13.3. The Labute approximate surface area is 126 Å². The molecule has 4 nitrogen and oxygen atoms in total. The lowest BCUT2D eigenvalue weighted by Crippen LogP contribution is -2.31. The zero-order valence-electron chi connectivity index (χ0n) is 12.9. The summed E-state index contributed by atoms with van der Waals surface area (Å²) in [6.45, 7) is 4.45. The molecule has 21 heavy (non-hydrogen) atoms. The minimum absolute atomic E-state index is 0.393. The molecular weight excluding hydrogens is 260 g/mol. The summed E-state index contributed by atoms with van der Waals surface area (Å²) in [5, 5.41) is 3.85. The van der Waals surface area contributed by atoms with Gasteiger partial charge in [-0.05, 0) is 51.2 Å². The Balaban J connectivity index is 1.74. The zero-order chi connectivity index (χ0) is 14.4. The second kappa shape index (κ2) is 5.09. The van der Waals surface area contributed by atoms with Crippen molar-refractivity contribution in [2.75, 3.05) is 0 Å². The van der Waals surface area contributed by atoms with Crippen LogP contribution in [0.1, 0.15) is 63.9 Å². The van der Waals surface area contributed by atoms with Gasteiger partial charge < -0.3 is 9.88 Å². The Kier molecular flexibility index (Phi) is 3.21. The molecule has 3 atom stereocenters. The molecule has 1 aliphatic carbocycles. The quantitative estimate of drug-likeness (QED) is 0.916. The van der Waals surface area contributed by atoms with Gasteiger partial charge in [0.25, 0.3) is 0 Å². The van der Waals surface area contributed by atoms with Crippen LogP contribution in [0.25, 0.3) is 11.2 Å². The lowest BCUT2D eigenvalue weighted by atomic mass is 9.85. The maximum Gasteiger partial charge on any atom is 0.160 e. The van der Waals surface area contributed by atoms with Crippen molar-refractivity contribution in [2.24, 2.45) is 5.92 Å². The van der Waals surface area contributed by atoms with Crippen molar-refractivity contribution >= 4 is 11.2 Å². The van der Waals surface area contributed by atoms with Crippen molar-refractivity contribution in [2.45, 2.75) is 64.1 Å². The van der Waals surface area contributed by atoms with Crippen molar-refractivity contribution in [3.05, 3.63) is 24.2 Å². The van der Waals surface area contributed by atoms with Crippen LogP contribution in [0.2, 0.25) is 0 Å². The zero-order valence-corrected chi connectivity index (χ0v) is 12.9. The lowest BCUT2D eigenvalue weighted by molar-refractivity contribution is 0.325. The van der Waals surface area contributed by atoms with Gasteiger partial charge in [0.15, 0.2) is 5.65 Å². The van der Waals surface area contributed by atoms with Crippen molar-refractivity contribution in [3.63, 3.8) is 0 Å². The number of fused-ring (bicyclic) bond motifs is 2. The van der Waals surface area contributed by atoms with Gasteiger partial charge in [-0.2, -0.15) is 0 Å². The molecule has 0 aromatic carbocycles. The molecule has 112 valence electrons. The molecule has 1 aliphatic heterocycles. The summed E-state index contributed by atoms with van der Waals surface area (Å²) in [5.41, 5.74) is 2.05. The van der Waals surface area contributed by atoms with Crippen LogP contribution >= 0.6 is 0 Å². The van der Waals surface area contributed by atoms with Crippen LogP contribution in [0.5, 0.6) is 0 Å². The minimum Gasteiger partial charge on any atom is -0.309 e. The van der Waals surface area contributed by atoms with Gasteiger partial charge in [0, 0.05) is 18.3 Å². The third-order valence-electron chi connectivity index (χ3n) is 5.17. The number of rotatable bonds is 2. The van der Waals surface area contributed by atoms with E-state index in [2.05, 4.69) is 34.8 Å². The normalized spacial score (nSPS) is 29.2. The largest absolute Gasteiger partial charge is 0.309 e. The molecule has 0 bridgehead atoms. The Morgan fingerprint density at radius 3 is 2.95 bits per heavy atom. The van der Waals surface area contributed by atoms with Crippen molar-refractivity contribution in [3.8, 4) is 0 Å². The fourth-order valence-corrected chi connectivity index (χ4v) is 4.22. The molecule has 1 saturated carbocycles. The van der Waals surface area contributed by atoms with Crippen molar-refractivity contribution in [1.29, 1.82) is 0 Å². The third-order valence-corrected chi connectivity index (χ3v) is 5.17. The highest BCUT2D eigenvalue weighted by atomic mass is 15.2. The van der Waals surface area contributed by atoms with E-state index < -0.39 is 0 Å². The molecule has 0 radical (unpaired) electrons. The Morgan fingerprint density at radius 1 is 1.29 bits per heavy atom. The summed E-state index contributed by atoms with van der Waals surface area (Å²) in [4.78, 5) is 9.47. The number of nitrogens with one attached hydrogen (secondary N) is 1. The molecule has 0 spiro atoms. The summed E-state index contributed by atoms with van der Waals surface area (Å²) >= 11 is 0. The highest BCUT2D eigenvalue weighted by Gasteiger charge is 2.38. The number of nitrogens with zero attached hydrogens (tertiary/aromatic N) is 3. The van der Waals surface area contributed by atoms with Gasteiger partial charge in [-0.25, -0.2) is 9.97 Å². The van der Waals surface area contributed by atoms with Gasteiger partial charge >= 0.3 is 0 Å². The molecule has 3 heterocycles. The van der Waals surface area contributed by atoms with E-state index in [1.54, 1.807) is 0 Å². The summed E-state index contributed by atoms with van der Waals surface area (Å²) in [6, 6.07) is 5.55. The first-order valence-corrected chi connectivity index (χ1v) is 8.33. The van der Waals surface area contributed by atoms with E-state index >= 15 is 0 Å². The van der Waals surface area contributed by atoms with Gasteiger partial charge in [-0.15, -0.1) is 0 Å². The maximum absolute atomic E-state index is 4.91. The van der Waals surface area contributed by atoms with E-state index in [0.29, 0.717) is 18.1 Å². The molecule has 2 aliphatic rings. The first-order chi connectivity index (χ1) is 10.2. The highest BCUT2D eigenvalue weighted by molar-refractivity contribution is 5.71. The van der Waals surface area contributed by atoms with Crippen LogP contribution < -0.4 is 5.32 Å². The molecule has 2 fully saturated rings. The SMILES string of the molecule is CC(C)n1c(C2CC3CCCCC3N2)nc2cccnc21. The fraction of sp³-hybridized carbons (Fsp3) is 0.647. The predicted octanol–water partition coefficient (Wildman–Crippen LogP) is 3.61. The van der Waals surface area contributed by atoms with Gasteiger partial charge in [0.05, 0.1) is 6.04 Å². The van der Waals surface area contributed by atoms with Crippen LogP contribution in [0.4, 0.5) is 0 Å².